The van der Waals surface area contributed by atoms with Crippen LogP contribution in [0.25, 0.3) is 0 Å². The van der Waals surface area contributed by atoms with Gasteiger partial charge in [-0.3, -0.25) is 0 Å². The minimum absolute atomic E-state index is 0.316. The summed E-state index contributed by atoms with van der Waals surface area (Å²) in [6.07, 6.45) is 1.71. The summed E-state index contributed by atoms with van der Waals surface area (Å²) in [4.78, 5) is 12.7. The van der Waals surface area contributed by atoms with Gasteiger partial charge in [0.15, 0.2) is 0 Å². The standard InChI is InChI=1S/C11H18ClN3/c1-7(2)5-9-13-10(6-8(3)4)15-11(12)14-9/h7-8H,5-6H2,1-4H3. The van der Waals surface area contributed by atoms with Gasteiger partial charge in [0.05, 0.1) is 0 Å². The molecule has 84 valence electrons. The van der Waals surface area contributed by atoms with Crippen molar-refractivity contribution in [2.75, 3.05) is 0 Å². The highest BCUT2D eigenvalue weighted by atomic mass is 35.5. The number of aromatic nitrogens is 3. The molecule has 0 N–H and O–H groups in total. The molecule has 4 heteroatoms. The molecule has 0 aromatic carbocycles. The molecule has 1 rings (SSSR count). The first-order valence-electron chi connectivity index (χ1n) is 5.36. The Hall–Kier alpha value is -0.700. The Morgan fingerprint density at radius 2 is 1.27 bits per heavy atom. The van der Waals surface area contributed by atoms with E-state index in [4.69, 9.17) is 11.6 Å². The molecule has 0 aliphatic rings. The largest absolute Gasteiger partial charge is 0.225 e. The van der Waals surface area contributed by atoms with Crippen LogP contribution in [-0.2, 0) is 12.8 Å². The zero-order valence-corrected chi connectivity index (χ0v) is 10.5. The number of hydrogen-bond donors (Lipinski definition) is 0. The van der Waals surface area contributed by atoms with Crippen molar-refractivity contribution in [3.05, 3.63) is 16.9 Å². The normalized spacial score (nSPS) is 11.4. The summed E-state index contributed by atoms with van der Waals surface area (Å²) in [5, 5.41) is 0.316. The Bertz CT molecular complexity index is 295. The van der Waals surface area contributed by atoms with Crippen LogP contribution in [0.3, 0.4) is 0 Å². The Morgan fingerprint density at radius 1 is 0.867 bits per heavy atom. The predicted octanol–water partition coefficient (Wildman–Crippen LogP) is 2.92. The number of rotatable bonds is 4. The number of halogens is 1. The van der Waals surface area contributed by atoms with Crippen molar-refractivity contribution in [2.45, 2.75) is 40.5 Å². The third kappa shape index (κ3) is 4.56. The second-order valence-electron chi connectivity index (χ2n) is 4.63. The van der Waals surface area contributed by atoms with Gasteiger partial charge >= 0.3 is 0 Å². The third-order valence-corrected chi connectivity index (χ3v) is 2.05. The summed E-state index contributed by atoms with van der Waals surface area (Å²) >= 11 is 5.85. The van der Waals surface area contributed by atoms with Crippen molar-refractivity contribution in [3.8, 4) is 0 Å². The van der Waals surface area contributed by atoms with E-state index in [0.717, 1.165) is 24.5 Å². The van der Waals surface area contributed by atoms with Crippen molar-refractivity contribution in [3.63, 3.8) is 0 Å². The molecule has 0 amide bonds. The van der Waals surface area contributed by atoms with Gasteiger partial charge in [0.25, 0.3) is 0 Å². The highest BCUT2D eigenvalue weighted by Gasteiger charge is 2.08. The summed E-state index contributed by atoms with van der Waals surface area (Å²) in [5.41, 5.74) is 0. The fraction of sp³-hybridized carbons (Fsp3) is 0.727. The molecule has 1 aromatic rings. The van der Waals surface area contributed by atoms with Crippen molar-refractivity contribution in [2.24, 2.45) is 11.8 Å². The van der Waals surface area contributed by atoms with Crippen LogP contribution < -0.4 is 0 Å². The molecule has 0 saturated carbocycles. The fourth-order valence-electron chi connectivity index (χ4n) is 1.35. The summed E-state index contributed by atoms with van der Waals surface area (Å²) in [5.74, 6) is 2.69. The number of hydrogen-bond acceptors (Lipinski definition) is 3. The van der Waals surface area contributed by atoms with Crippen LogP contribution in [0.15, 0.2) is 0 Å². The van der Waals surface area contributed by atoms with E-state index in [1.807, 2.05) is 0 Å². The molecular formula is C11H18ClN3. The van der Waals surface area contributed by atoms with E-state index < -0.39 is 0 Å². The van der Waals surface area contributed by atoms with E-state index in [0.29, 0.717) is 17.1 Å². The zero-order chi connectivity index (χ0) is 11.4. The Labute approximate surface area is 96.3 Å². The van der Waals surface area contributed by atoms with Gasteiger partial charge in [-0.2, -0.15) is 0 Å². The van der Waals surface area contributed by atoms with E-state index in [1.54, 1.807) is 0 Å². The van der Waals surface area contributed by atoms with Gasteiger partial charge < -0.3 is 0 Å². The van der Waals surface area contributed by atoms with Crippen LogP contribution in [0.4, 0.5) is 0 Å². The Morgan fingerprint density at radius 3 is 1.60 bits per heavy atom. The SMILES string of the molecule is CC(C)Cc1nc(Cl)nc(CC(C)C)n1. The lowest BCUT2D eigenvalue weighted by atomic mass is 10.1. The molecule has 0 unspecified atom stereocenters. The first kappa shape index (κ1) is 12.4. The quantitative estimate of drug-likeness (QED) is 0.794. The molecule has 0 spiro atoms. The van der Waals surface area contributed by atoms with Gasteiger partial charge in [-0.25, -0.2) is 15.0 Å². The van der Waals surface area contributed by atoms with E-state index in [-0.39, 0.29) is 0 Å². The molecule has 15 heavy (non-hydrogen) atoms. The monoisotopic (exact) mass is 227 g/mol. The zero-order valence-electron chi connectivity index (χ0n) is 9.79. The van der Waals surface area contributed by atoms with Crippen molar-refractivity contribution >= 4 is 11.6 Å². The van der Waals surface area contributed by atoms with Crippen LogP contribution in [0.5, 0.6) is 0 Å². The number of nitrogens with zero attached hydrogens (tertiary/aromatic N) is 3. The van der Waals surface area contributed by atoms with Crippen LogP contribution in [0.2, 0.25) is 5.28 Å². The summed E-state index contributed by atoms with van der Waals surface area (Å²) in [7, 11) is 0. The van der Waals surface area contributed by atoms with Gasteiger partial charge in [0.2, 0.25) is 5.28 Å². The summed E-state index contributed by atoms with van der Waals surface area (Å²) in [6, 6.07) is 0. The first-order valence-corrected chi connectivity index (χ1v) is 5.74. The average Bonchev–Trinajstić information content (AvgIpc) is 1.98. The van der Waals surface area contributed by atoms with Crippen molar-refractivity contribution < 1.29 is 0 Å². The molecule has 0 radical (unpaired) electrons. The molecule has 0 atom stereocenters. The molecule has 1 heterocycles. The molecule has 0 aliphatic carbocycles. The Balaban J connectivity index is 2.84. The maximum absolute atomic E-state index is 5.85. The molecule has 1 aromatic heterocycles. The van der Waals surface area contributed by atoms with Gasteiger partial charge in [-0.05, 0) is 23.4 Å². The Kier molecular flexibility index (Phi) is 4.45. The lowest BCUT2D eigenvalue weighted by Crippen LogP contribution is -2.08. The summed E-state index contributed by atoms with van der Waals surface area (Å²) < 4.78 is 0. The second kappa shape index (κ2) is 5.40. The van der Waals surface area contributed by atoms with Gasteiger partial charge in [-0.15, -0.1) is 0 Å². The highest BCUT2D eigenvalue weighted by molar-refractivity contribution is 6.28. The summed E-state index contributed by atoms with van der Waals surface area (Å²) in [6.45, 7) is 8.55. The second-order valence-corrected chi connectivity index (χ2v) is 4.97. The molecule has 0 fully saturated rings. The van der Waals surface area contributed by atoms with E-state index >= 15 is 0 Å². The molecule has 0 bridgehead atoms. The van der Waals surface area contributed by atoms with Crippen LogP contribution in [-0.4, -0.2) is 15.0 Å². The van der Waals surface area contributed by atoms with Crippen molar-refractivity contribution in [1.29, 1.82) is 0 Å². The van der Waals surface area contributed by atoms with E-state index in [2.05, 4.69) is 42.6 Å². The molecule has 0 aliphatic heterocycles. The average molecular weight is 228 g/mol. The molecule has 3 nitrogen and oxygen atoms in total. The molecule has 0 saturated heterocycles. The first-order chi connectivity index (χ1) is 6.97. The van der Waals surface area contributed by atoms with Crippen LogP contribution in [0, 0.1) is 11.8 Å². The topological polar surface area (TPSA) is 38.7 Å². The fourth-order valence-corrected chi connectivity index (χ4v) is 1.54. The van der Waals surface area contributed by atoms with E-state index in [1.165, 1.54) is 0 Å². The maximum Gasteiger partial charge on any atom is 0.225 e. The van der Waals surface area contributed by atoms with E-state index in [9.17, 15) is 0 Å². The lowest BCUT2D eigenvalue weighted by Gasteiger charge is -2.07. The minimum Gasteiger partial charge on any atom is -0.218 e. The minimum atomic E-state index is 0.316. The highest BCUT2D eigenvalue weighted by Crippen LogP contribution is 2.09. The molecular weight excluding hydrogens is 210 g/mol. The predicted molar refractivity (Wildman–Crippen MR) is 61.9 cm³/mol. The van der Waals surface area contributed by atoms with Crippen molar-refractivity contribution in [1.82, 2.24) is 15.0 Å². The lowest BCUT2D eigenvalue weighted by molar-refractivity contribution is 0.587. The van der Waals surface area contributed by atoms with Crippen LogP contribution in [0.1, 0.15) is 39.3 Å². The van der Waals surface area contributed by atoms with Gasteiger partial charge in [0.1, 0.15) is 11.6 Å². The van der Waals surface area contributed by atoms with Gasteiger partial charge in [-0.1, -0.05) is 27.7 Å². The maximum atomic E-state index is 5.85. The van der Waals surface area contributed by atoms with Gasteiger partial charge in [0, 0.05) is 12.8 Å². The van der Waals surface area contributed by atoms with Crippen LogP contribution >= 0.6 is 11.6 Å². The smallest absolute Gasteiger partial charge is 0.218 e. The third-order valence-electron chi connectivity index (χ3n) is 1.88.